The van der Waals surface area contributed by atoms with E-state index in [1.807, 2.05) is 54.6 Å². The van der Waals surface area contributed by atoms with Crippen LogP contribution in [0.5, 0.6) is 5.75 Å². The van der Waals surface area contributed by atoms with Crippen LogP contribution in [0.1, 0.15) is 5.56 Å². The Morgan fingerprint density at radius 1 is 1.21 bits per heavy atom. The maximum absolute atomic E-state index is 12.3. The zero-order valence-corrected chi connectivity index (χ0v) is 14.2. The van der Waals surface area contributed by atoms with Gasteiger partial charge in [-0.15, -0.1) is 11.8 Å². The maximum Gasteiger partial charge on any atom is 0.261 e. The summed E-state index contributed by atoms with van der Waals surface area (Å²) < 4.78 is 5.78. The number of hydrogen-bond acceptors (Lipinski definition) is 4. The van der Waals surface area contributed by atoms with E-state index in [4.69, 9.17) is 4.74 Å². The minimum absolute atomic E-state index is 0.000111. The van der Waals surface area contributed by atoms with Crippen molar-refractivity contribution in [3.8, 4) is 5.75 Å². The van der Waals surface area contributed by atoms with E-state index in [0.29, 0.717) is 12.3 Å². The molecular formula is C19H21NO3S. The number of fused-ring (bicyclic) bond motifs is 1. The van der Waals surface area contributed by atoms with Crippen molar-refractivity contribution in [2.75, 3.05) is 18.9 Å². The number of hydrogen-bond donors (Lipinski definition) is 2. The lowest BCUT2D eigenvalue weighted by Gasteiger charge is -2.25. The molecule has 3 rings (SSSR count). The highest BCUT2D eigenvalue weighted by Gasteiger charge is 2.26. The zero-order chi connectivity index (χ0) is 16.8. The molecule has 0 spiro atoms. The first kappa shape index (κ1) is 16.9. The van der Waals surface area contributed by atoms with E-state index in [-0.39, 0.29) is 18.4 Å². The number of aliphatic hydroxyl groups is 1. The zero-order valence-electron chi connectivity index (χ0n) is 13.4. The Morgan fingerprint density at radius 2 is 1.96 bits per heavy atom. The van der Waals surface area contributed by atoms with Gasteiger partial charge in [0.15, 0.2) is 6.10 Å². The molecule has 0 fully saturated rings. The molecular weight excluding hydrogens is 322 g/mol. The highest BCUT2D eigenvalue weighted by atomic mass is 32.2. The van der Waals surface area contributed by atoms with Crippen LogP contribution in [0.15, 0.2) is 59.5 Å². The van der Waals surface area contributed by atoms with Crippen LogP contribution in [0.3, 0.4) is 0 Å². The lowest BCUT2D eigenvalue weighted by molar-refractivity contribution is -0.127. The largest absolute Gasteiger partial charge is 0.479 e. The lowest BCUT2D eigenvalue weighted by Crippen LogP contribution is -2.43. The first-order valence-electron chi connectivity index (χ1n) is 8.07. The topological polar surface area (TPSA) is 58.6 Å². The number of ether oxygens (including phenoxy) is 1. The van der Waals surface area contributed by atoms with E-state index < -0.39 is 6.10 Å². The number of aliphatic hydroxyl groups excluding tert-OH is 1. The van der Waals surface area contributed by atoms with Gasteiger partial charge in [0.1, 0.15) is 5.75 Å². The minimum Gasteiger partial charge on any atom is -0.479 e. The van der Waals surface area contributed by atoms with E-state index in [1.165, 1.54) is 0 Å². The van der Waals surface area contributed by atoms with Crippen LogP contribution < -0.4 is 10.1 Å². The highest BCUT2D eigenvalue weighted by molar-refractivity contribution is 7.99. The van der Waals surface area contributed by atoms with Crippen molar-refractivity contribution in [2.45, 2.75) is 17.4 Å². The standard InChI is InChI=1S/C19H21NO3S/c21-12-15(10-14-6-2-1-3-7-14)11-20-19(22)17-13-24-18-9-5-4-8-16(18)23-17/h1-9,15,17,21H,10-13H2,(H,20,22). The van der Waals surface area contributed by atoms with Gasteiger partial charge in [-0.25, -0.2) is 0 Å². The van der Waals surface area contributed by atoms with Crippen LogP contribution in [-0.2, 0) is 11.2 Å². The van der Waals surface area contributed by atoms with Crippen LogP contribution >= 0.6 is 11.8 Å². The van der Waals surface area contributed by atoms with Crippen molar-refractivity contribution in [1.82, 2.24) is 5.32 Å². The Labute approximate surface area is 146 Å². The van der Waals surface area contributed by atoms with Gasteiger partial charge in [0, 0.05) is 29.7 Å². The predicted octanol–water partition coefficient (Wildman–Crippen LogP) is 2.51. The summed E-state index contributed by atoms with van der Waals surface area (Å²) in [6.07, 6.45) is 0.252. The molecule has 24 heavy (non-hydrogen) atoms. The van der Waals surface area contributed by atoms with Crippen LogP contribution in [-0.4, -0.2) is 36.0 Å². The Bertz CT molecular complexity index is 677. The molecule has 5 heteroatoms. The smallest absolute Gasteiger partial charge is 0.261 e. The summed E-state index contributed by atoms with van der Waals surface area (Å²) in [6, 6.07) is 17.7. The van der Waals surface area contributed by atoms with Crippen molar-refractivity contribution < 1.29 is 14.6 Å². The molecule has 0 saturated carbocycles. The molecule has 2 unspecified atom stereocenters. The summed E-state index contributed by atoms with van der Waals surface area (Å²) in [5, 5.41) is 12.5. The molecule has 0 bridgehead atoms. The Hall–Kier alpha value is -1.98. The summed E-state index contributed by atoms with van der Waals surface area (Å²) >= 11 is 1.63. The van der Waals surface area contributed by atoms with Gasteiger partial charge in [-0.1, -0.05) is 42.5 Å². The lowest BCUT2D eigenvalue weighted by atomic mass is 10.00. The Morgan fingerprint density at radius 3 is 2.75 bits per heavy atom. The highest BCUT2D eigenvalue weighted by Crippen LogP contribution is 2.34. The first-order chi connectivity index (χ1) is 11.8. The molecule has 0 aromatic heterocycles. The third-order valence-electron chi connectivity index (χ3n) is 3.99. The summed E-state index contributed by atoms with van der Waals surface area (Å²) in [7, 11) is 0. The molecule has 2 aromatic carbocycles. The Balaban J connectivity index is 1.51. The van der Waals surface area contributed by atoms with Crippen LogP contribution in [0.2, 0.25) is 0 Å². The third-order valence-corrected chi connectivity index (χ3v) is 5.11. The van der Waals surface area contributed by atoms with Gasteiger partial charge in [0.05, 0.1) is 0 Å². The summed E-state index contributed by atoms with van der Waals surface area (Å²) in [4.78, 5) is 13.4. The van der Waals surface area contributed by atoms with Crippen molar-refractivity contribution in [3.05, 3.63) is 60.2 Å². The summed E-state index contributed by atoms with van der Waals surface area (Å²) in [5.41, 5.74) is 1.16. The molecule has 1 aliphatic rings. The molecule has 1 aliphatic heterocycles. The normalized spacial score (nSPS) is 17.5. The molecule has 126 valence electrons. The number of thioether (sulfide) groups is 1. The number of amides is 1. The van der Waals surface area contributed by atoms with Crippen molar-refractivity contribution >= 4 is 17.7 Å². The van der Waals surface area contributed by atoms with Crippen molar-refractivity contribution in [3.63, 3.8) is 0 Å². The molecule has 1 amide bonds. The fourth-order valence-corrected chi connectivity index (χ4v) is 3.64. The molecule has 2 atom stereocenters. The van der Waals surface area contributed by atoms with Crippen molar-refractivity contribution in [1.29, 1.82) is 0 Å². The molecule has 0 saturated heterocycles. The molecule has 2 N–H and O–H groups in total. The molecule has 4 nitrogen and oxygen atoms in total. The van der Waals surface area contributed by atoms with E-state index in [1.54, 1.807) is 11.8 Å². The average Bonchev–Trinajstić information content (AvgIpc) is 2.65. The van der Waals surface area contributed by atoms with Gasteiger partial charge in [0.2, 0.25) is 0 Å². The number of rotatable bonds is 6. The number of nitrogens with one attached hydrogen (secondary N) is 1. The van der Waals surface area contributed by atoms with Crippen LogP contribution in [0.25, 0.3) is 0 Å². The fourth-order valence-electron chi connectivity index (χ4n) is 2.66. The second-order valence-electron chi connectivity index (χ2n) is 5.85. The quantitative estimate of drug-likeness (QED) is 0.846. The third kappa shape index (κ3) is 4.30. The molecule has 0 radical (unpaired) electrons. The van der Waals surface area contributed by atoms with E-state index in [0.717, 1.165) is 22.6 Å². The fraction of sp³-hybridized carbons (Fsp3) is 0.316. The van der Waals surface area contributed by atoms with Gasteiger partial charge < -0.3 is 15.2 Å². The average molecular weight is 343 g/mol. The van der Waals surface area contributed by atoms with Gasteiger partial charge in [-0.2, -0.15) is 0 Å². The minimum atomic E-state index is -0.485. The van der Waals surface area contributed by atoms with Gasteiger partial charge in [-0.3, -0.25) is 4.79 Å². The van der Waals surface area contributed by atoms with Gasteiger partial charge in [0.25, 0.3) is 5.91 Å². The van der Waals surface area contributed by atoms with Crippen LogP contribution in [0.4, 0.5) is 0 Å². The summed E-state index contributed by atoms with van der Waals surface area (Å²) in [5.74, 6) is 1.24. The second-order valence-corrected chi connectivity index (χ2v) is 6.91. The first-order valence-corrected chi connectivity index (χ1v) is 9.06. The maximum atomic E-state index is 12.3. The Kier molecular flexibility index (Phi) is 5.77. The predicted molar refractivity (Wildman–Crippen MR) is 95.3 cm³/mol. The van der Waals surface area contributed by atoms with E-state index >= 15 is 0 Å². The van der Waals surface area contributed by atoms with Gasteiger partial charge in [-0.05, 0) is 24.1 Å². The summed E-state index contributed by atoms with van der Waals surface area (Å²) in [6.45, 7) is 0.481. The van der Waals surface area contributed by atoms with E-state index in [9.17, 15) is 9.90 Å². The molecule has 1 heterocycles. The SMILES string of the molecule is O=C(NCC(CO)Cc1ccccc1)C1CSc2ccccc2O1. The number of carbonyl (C=O) groups is 1. The van der Waals surface area contributed by atoms with Crippen LogP contribution in [0, 0.1) is 5.92 Å². The number of benzene rings is 2. The number of para-hydroxylation sites is 1. The van der Waals surface area contributed by atoms with Gasteiger partial charge >= 0.3 is 0 Å². The van der Waals surface area contributed by atoms with E-state index in [2.05, 4.69) is 5.32 Å². The monoisotopic (exact) mass is 343 g/mol. The number of carbonyl (C=O) groups excluding carboxylic acids is 1. The second kappa shape index (κ2) is 8.22. The molecule has 2 aromatic rings. The molecule has 0 aliphatic carbocycles. The van der Waals surface area contributed by atoms with Crippen molar-refractivity contribution in [2.24, 2.45) is 5.92 Å².